The average molecular weight is 376 g/mol. The van der Waals surface area contributed by atoms with Gasteiger partial charge in [0.2, 0.25) is 0 Å². The largest absolute Gasteiger partial charge is 0.493 e. The Bertz CT molecular complexity index is 892. The lowest BCUT2D eigenvalue weighted by atomic mass is 10.1. The summed E-state index contributed by atoms with van der Waals surface area (Å²) in [6.07, 6.45) is 3.04. The highest BCUT2D eigenvalue weighted by Crippen LogP contribution is 2.39. The number of fused-ring (bicyclic) bond motifs is 1. The second-order valence-corrected chi connectivity index (χ2v) is 7.26. The molecule has 0 spiro atoms. The summed E-state index contributed by atoms with van der Waals surface area (Å²) in [5.41, 5.74) is 2.68. The highest BCUT2D eigenvalue weighted by Gasteiger charge is 2.29. The van der Waals surface area contributed by atoms with Crippen LogP contribution in [-0.2, 0) is 19.5 Å². The number of nitrogens with zero attached hydrogens (tertiary/aromatic N) is 2. The maximum Gasteiger partial charge on any atom is 0.255 e. The molecule has 0 unspecified atom stereocenters. The zero-order valence-corrected chi connectivity index (χ0v) is 15.7. The molecule has 1 aromatic carbocycles. The quantitative estimate of drug-likeness (QED) is 0.870. The van der Waals surface area contributed by atoms with Crippen LogP contribution in [0.25, 0.3) is 0 Å². The summed E-state index contributed by atoms with van der Waals surface area (Å²) in [4.78, 5) is 22.4. The Morgan fingerprint density at radius 2 is 2.12 bits per heavy atom. The Hall–Kier alpha value is -2.05. The second kappa shape index (κ2) is 6.93. The number of rotatable bonds is 5. The van der Waals surface area contributed by atoms with Crippen molar-refractivity contribution in [2.24, 2.45) is 0 Å². The number of aromatic nitrogens is 2. The molecule has 26 heavy (non-hydrogen) atoms. The van der Waals surface area contributed by atoms with E-state index >= 15 is 0 Å². The van der Waals surface area contributed by atoms with Crippen molar-refractivity contribution in [1.82, 2.24) is 14.9 Å². The molecule has 6 nitrogen and oxygen atoms in total. The minimum absolute atomic E-state index is 0.00000779. The zero-order valence-electron chi connectivity index (χ0n) is 15.0. The Kier molecular flexibility index (Phi) is 4.63. The van der Waals surface area contributed by atoms with E-state index in [1.807, 2.05) is 12.1 Å². The number of ether oxygens (including phenoxy) is 2. The maximum atomic E-state index is 12.5. The minimum Gasteiger partial charge on any atom is -0.493 e. The zero-order chi connectivity index (χ0) is 18.3. The first kappa shape index (κ1) is 17.4. The van der Waals surface area contributed by atoms with Crippen LogP contribution < -0.4 is 15.0 Å². The molecular weight excluding hydrogens is 354 g/mol. The first-order valence-corrected chi connectivity index (χ1v) is 9.22. The molecule has 0 saturated heterocycles. The van der Waals surface area contributed by atoms with Crippen molar-refractivity contribution >= 4 is 11.6 Å². The van der Waals surface area contributed by atoms with Crippen molar-refractivity contribution in [3.8, 4) is 11.5 Å². The lowest BCUT2D eigenvalue weighted by Crippen LogP contribution is -2.35. The molecule has 1 fully saturated rings. The van der Waals surface area contributed by atoms with Crippen LogP contribution in [0.5, 0.6) is 11.5 Å². The smallest absolute Gasteiger partial charge is 0.255 e. The Morgan fingerprint density at radius 1 is 1.31 bits per heavy atom. The van der Waals surface area contributed by atoms with Gasteiger partial charge in [0.05, 0.1) is 30.5 Å². The van der Waals surface area contributed by atoms with Gasteiger partial charge < -0.3 is 14.5 Å². The van der Waals surface area contributed by atoms with Gasteiger partial charge in [-0.1, -0.05) is 17.7 Å². The number of benzene rings is 1. The van der Waals surface area contributed by atoms with Crippen LogP contribution in [0.4, 0.5) is 0 Å². The minimum atomic E-state index is 0.00000779. The van der Waals surface area contributed by atoms with Gasteiger partial charge in [-0.25, -0.2) is 4.98 Å². The number of nitrogens with one attached hydrogen (secondary N) is 1. The van der Waals surface area contributed by atoms with Crippen LogP contribution in [0.15, 0.2) is 16.9 Å². The summed E-state index contributed by atoms with van der Waals surface area (Å²) in [7, 11) is 3.16. The van der Waals surface area contributed by atoms with Gasteiger partial charge in [-0.2, -0.15) is 0 Å². The van der Waals surface area contributed by atoms with Crippen LogP contribution in [0.2, 0.25) is 5.02 Å². The van der Waals surface area contributed by atoms with Crippen molar-refractivity contribution in [1.29, 1.82) is 0 Å². The van der Waals surface area contributed by atoms with Crippen LogP contribution >= 0.6 is 11.6 Å². The Balaban J connectivity index is 1.56. The summed E-state index contributed by atoms with van der Waals surface area (Å²) in [5, 5.41) is 0.550. The van der Waals surface area contributed by atoms with Crippen LogP contribution in [0, 0.1) is 0 Å². The van der Waals surface area contributed by atoms with E-state index < -0.39 is 0 Å². The molecule has 0 atom stereocenters. The van der Waals surface area contributed by atoms with Crippen molar-refractivity contribution in [3.05, 3.63) is 50.2 Å². The van der Waals surface area contributed by atoms with Gasteiger partial charge in [0.25, 0.3) is 5.56 Å². The molecule has 1 saturated carbocycles. The molecule has 1 aliphatic heterocycles. The highest BCUT2D eigenvalue weighted by molar-refractivity contribution is 6.33. The lowest BCUT2D eigenvalue weighted by molar-refractivity contribution is 0.241. The highest BCUT2D eigenvalue weighted by atomic mass is 35.5. The molecule has 2 heterocycles. The first-order valence-electron chi connectivity index (χ1n) is 8.84. The monoisotopic (exact) mass is 375 g/mol. The predicted octanol–water partition coefficient (Wildman–Crippen LogP) is 2.88. The Morgan fingerprint density at radius 3 is 2.81 bits per heavy atom. The molecule has 1 aliphatic carbocycles. The molecule has 2 aliphatic rings. The summed E-state index contributed by atoms with van der Waals surface area (Å²) >= 11 is 6.49. The lowest BCUT2D eigenvalue weighted by Gasteiger charge is -2.28. The summed E-state index contributed by atoms with van der Waals surface area (Å²) in [5.74, 6) is 2.47. The van der Waals surface area contributed by atoms with Crippen molar-refractivity contribution in [2.75, 3.05) is 20.8 Å². The number of hydrogen-bond donors (Lipinski definition) is 1. The molecule has 138 valence electrons. The molecule has 4 rings (SSSR count). The fraction of sp³-hybridized carbons (Fsp3) is 0.474. The third-order valence-electron chi connectivity index (χ3n) is 5.09. The molecular formula is C19H22ClN3O3. The third kappa shape index (κ3) is 3.19. The van der Waals surface area contributed by atoms with Crippen LogP contribution in [-0.4, -0.2) is 35.6 Å². The van der Waals surface area contributed by atoms with E-state index in [-0.39, 0.29) is 5.56 Å². The van der Waals surface area contributed by atoms with E-state index in [2.05, 4.69) is 9.88 Å². The fourth-order valence-electron chi connectivity index (χ4n) is 3.48. The van der Waals surface area contributed by atoms with Crippen LogP contribution in [0.3, 0.4) is 0 Å². The summed E-state index contributed by atoms with van der Waals surface area (Å²) in [6, 6.07) is 3.80. The number of hydrogen-bond acceptors (Lipinski definition) is 5. The van der Waals surface area contributed by atoms with E-state index in [1.54, 1.807) is 14.2 Å². The van der Waals surface area contributed by atoms with Crippen molar-refractivity contribution < 1.29 is 9.47 Å². The average Bonchev–Trinajstić information content (AvgIpc) is 3.48. The molecule has 7 heteroatoms. The van der Waals surface area contributed by atoms with Gasteiger partial charge >= 0.3 is 0 Å². The van der Waals surface area contributed by atoms with Gasteiger partial charge in [0, 0.05) is 32.0 Å². The SMILES string of the molecule is COc1ccc(CN2CCc3nc(C4CC4)[nH]c(=O)c3C2)c(Cl)c1OC. The molecule has 2 aromatic rings. The number of halogens is 1. The molecule has 0 bridgehead atoms. The van der Waals surface area contributed by atoms with Gasteiger partial charge in [0.1, 0.15) is 5.82 Å². The molecule has 0 amide bonds. The summed E-state index contributed by atoms with van der Waals surface area (Å²) in [6.45, 7) is 2.06. The maximum absolute atomic E-state index is 12.5. The number of H-pyrrole nitrogens is 1. The van der Waals surface area contributed by atoms with E-state index in [0.717, 1.165) is 48.5 Å². The van der Waals surface area contributed by atoms with Gasteiger partial charge in [-0.05, 0) is 24.5 Å². The van der Waals surface area contributed by atoms with Crippen LogP contribution in [0.1, 0.15) is 41.4 Å². The van der Waals surface area contributed by atoms with Gasteiger partial charge in [-0.3, -0.25) is 9.69 Å². The Labute approximate surface area is 157 Å². The standard InChI is InChI=1S/C19H22ClN3O3/c1-25-15-6-5-12(16(20)17(15)26-2)9-23-8-7-14-13(10-23)19(24)22-18(21-14)11-3-4-11/h5-6,11H,3-4,7-10H2,1-2H3,(H,21,22,24). The number of aromatic amines is 1. The third-order valence-corrected chi connectivity index (χ3v) is 5.50. The van der Waals surface area contributed by atoms with Gasteiger partial charge in [0.15, 0.2) is 11.5 Å². The fourth-order valence-corrected chi connectivity index (χ4v) is 3.77. The molecule has 1 N–H and O–H groups in total. The van der Waals surface area contributed by atoms with E-state index in [0.29, 0.717) is 35.5 Å². The van der Waals surface area contributed by atoms with E-state index in [9.17, 15) is 4.79 Å². The van der Waals surface area contributed by atoms with E-state index in [1.165, 1.54) is 0 Å². The first-order chi connectivity index (χ1) is 12.6. The number of methoxy groups -OCH3 is 2. The summed E-state index contributed by atoms with van der Waals surface area (Å²) < 4.78 is 10.7. The van der Waals surface area contributed by atoms with E-state index in [4.69, 9.17) is 26.1 Å². The topological polar surface area (TPSA) is 67.5 Å². The molecule has 1 aromatic heterocycles. The predicted molar refractivity (Wildman–Crippen MR) is 99.2 cm³/mol. The second-order valence-electron chi connectivity index (χ2n) is 6.89. The van der Waals surface area contributed by atoms with Crippen molar-refractivity contribution in [3.63, 3.8) is 0 Å². The van der Waals surface area contributed by atoms with Crippen molar-refractivity contribution in [2.45, 2.75) is 38.3 Å². The normalized spacial score (nSPS) is 17.0. The van der Waals surface area contributed by atoms with Gasteiger partial charge in [-0.15, -0.1) is 0 Å². The molecule has 0 radical (unpaired) electrons.